The van der Waals surface area contributed by atoms with Crippen LogP contribution in [-0.4, -0.2) is 6.54 Å². The van der Waals surface area contributed by atoms with Crippen molar-refractivity contribution in [1.82, 2.24) is 5.32 Å². The first-order valence-corrected chi connectivity index (χ1v) is 6.72. The van der Waals surface area contributed by atoms with Crippen molar-refractivity contribution < 1.29 is 0 Å². The first-order valence-electron chi connectivity index (χ1n) is 6.72. The lowest BCUT2D eigenvalue weighted by Crippen LogP contribution is -2.40. The standard InChI is InChI=1S/C15H21N/c1-2-6-12(7-3-1)15-10-13-8-4-5-9-14(13)11-16-15/h1-3,6-7,13-16H,4-5,8-11H2/t13?,14?,15-/m0/s1. The van der Waals surface area contributed by atoms with E-state index in [4.69, 9.17) is 0 Å². The molecule has 0 radical (unpaired) electrons. The molecular weight excluding hydrogens is 194 g/mol. The fraction of sp³-hybridized carbons (Fsp3) is 0.600. The van der Waals surface area contributed by atoms with E-state index in [0.29, 0.717) is 6.04 Å². The summed E-state index contributed by atoms with van der Waals surface area (Å²) in [5, 5.41) is 3.73. The van der Waals surface area contributed by atoms with E-state index in [1.165, 1.54) is 44.2 Å². The maximum Gasteiger partial charge on any atom is 0.0323 e. The third-order valence-electron chi connectivity index (χ3n) is 4.43. The average molecular weight is 215 g/mol. The number of nitrogens with one attached hydrogen (secondary N) is 1. The molecule has 1 nitrogen and oxygen atoms in total. The van der Waals surface area contributed by atoms with Crippen molar-refractivity contribution in [3.8, 4) is 0 Å². The maximum absolute atomic E-state index is 3.73. The van der Waals surface area contributed by atoms with Crippen LogP contribution in [0.1, 0.15) is 43.7 Å². The molecule has 3 rings (SSSR count). The zero-order valence-electron chi connectivity index (χ0n) is 9.86. The topological polar surface area (TPSA) is 12.0 Å². The van der Waals surface area contributed by atoms with Crippen LogP contribution in [0.3, 0.4) is 0 Å². The molecule has 1 heterocycles. The molecule has 1 N–H and O–H groups in total. The van der Waals surface area contributed by atoms with Crippen molar-refractivity contribution in [2.75, 3.05) is 6.54 Å². The van der Waals surface area contributed by atoms with E-state index in [9.17, 15) is 0 Å². The Morgan fingerprint density at radius 2 is 1.69 bits per heavy atom. The molecule has 0 aromatic heterocycles. The predicted molar refractivity (Wildman–Crippen MR) is 67.3 cm³/mol. The first-order chi connectivity index (χ1) is 7.93. The van der Waals surface area contributed by atoms with Crippen molar-refractivity contribution in [1.29, 1.82) is 0 Å². The number of benzene rings is 1. The normalized spacial score (nSPS) is 34.4. The van der Waals surface area contributed by atoms with Crippen LogP contribution >= 0.6 is 0 Å². The number of piperidine rings is 1. The molecule has 1 aromatic rings. The fourth-order valence-corrected chi connectivity index (χ4v) is 3.48. The Balaban J connectivity index is 1.71. The minimum atomic E-state index is 0.612. The molecule has 3 atom stereocenters. The predicted octanol–water partition coefficient (Wildman–Crippen LogP) is 3.53. The summed E-state index contributed by atoms with van der Waals surface area (Å²) >= 11 is 0. The summed E-state index contributed by atoms with van der Waals surface area (Å²) in [6.45, 7) is 1.24. The minimum Gasteiger partial charge on any atom is -0.310 e. The van der Waals surface area contributed by atoms with E-state index in [1.807, 2.05) is 0 Å². The van der Waals surface area contributed by atoms with Gasteiger partial charge in [0.25, 0.3) is 0 Å². The van der Waals surface area contributed by atoms with Crippen molar-refractivity contribution in [3.63, 3.8) is 0 Å². The van der Waals surface area contributed by atoms with Crippen LogP contribution < -0.4 is 5.32 Å². The molecule has 0 spiro atoms. The summed E-state index contributed by atoms with van der Waals surface area (Å²) in [6, 6.07) is 11.6. The van der Waals surface area contributed by atoms with Crippen LogP contribution in [0, 0.1) is 11.8 Å². The van der Waals surface area contributed by atoms with Gasteiger partial charge in [-0.2, -0.15) is 0 Å². The summed E-state index contributed by atoms with van der Waals surface area (Å²) in [4.78, 5) is 0. The molecular formula is C15H21N. The quantitative estimate of drug-likeness (QED) is 0.755. The summed E-state index contributed by atoms with van der Waals surface area (Å²) in [7, 11) is 0. The number of fused-ring (bicyclic) bond motifs is 1. The Morgan fingerprint density at radius 1 is 0.938 bits per heavy atom. The van der Waals surface area contributed by atoms with E-state index in [-0.39, 0.29) is 0 Å². The average Bonchev–Trinajstić information content (AvgIpc) is 2.39. The van der Waals surface area contributed by atoms with Gasteiger partial charge in [-0.1, -0.05) is 49.6 Å². The number of hydrogen-bond acceptors (Lipinski definition) is 1. The Labute approximate surface area is 98.3 Å². The van der Waals surface area contributed by atoms with E-state index in [1.54, 1.807) is 0 Å². The van der Waals surface area contributed by atoms with Crippen LogP contribution in [-0.2, 0) is 0 Å². The van der Waals surface area contributed by atoms with Gasteiger partial charge in [-0.05, 0) is 36.8 Å². The van der Waals surface area contributed by atoms with Gasteiger partial charge in [-0.25, -0.2) is 0 Å². The van der Waals surface area contributed by atoms with Gasteiger partial charge >= 0.3 is 0 Å². The SMILES string of the molecule is c1ccc([C@@H]2CC3CCCCC3CN2)cc1. The largest absolute Gasteiger partial charge is 0.310 e. The summed E-state index contributed by atoms with van der Waals surface area (Å²) in [5.41, 5.74) is 1.48. The lowest BCUT2D eigenvalue weighted by molar-refractivity contribution is 0.154. The number of rotatable bonds is 1. The van der Waals surface area contributed by atoms with Crippen molar-refractivity contribution in [2.24, 2.45) is 11.8 Å². The lowest BCUT2D eigenvalue weighted by atomic mass is 9.73. The molecule has 0 bridgehead atoms. The van der Waals surface area contributed by atoms with E-state index in [2.05, 4.69) is 35.6 Å². The molecule has 1 aromatic carbocycles. The number of hydrogen-bond donors (Lipinski definition) is 1. The summed E-state index contributed by atoms with van der Waals surface area (Å²) < 4.78 is 0. The zero-order chi connectivity index (χ0) is 10.8. The molecule has 1 aliphatic carbocycles. The van der Waals surface area contributed by atoms with Crippen LogP contribution in [0.25, 0.3) is 0 Å². The Morgan fingerprint density at radius 3 is 2.50 bits per heavy atom. The minimum absolute atomic E-state index is 0.612. The smallest absolute Gasteiger partial charge is 0.0323 e. The second-order valence-corrected chi connectivity index (χ2v) is 5.41. The zero-order valence-corrected chi connectivity index (χ0v) is 9.86. The molecule has 1 aliphatic heterocycles. The van der Waals surface area contributed by atoms with Crippen LogP contribution in [0.2, 0.25) is 0 Å². The van der Waals surface area contributed by atoms with Gasteiger partial charge in [0.05, 0.1) is 0 Å². The van der Waals surface area contributed by atoms with E-state index in [0.717, 1.165) is 11.8 Å². The first kappa shape index (κ1) is 10.3. The van der Waals surface area contributed by atoms with Gasteiger partial charge in [0.15, 0.2) is 0 Å². The fourth-order valence-electron chi connectivity index (χ4n) is 3.48. The van der Waals surface area contributed by atoms with E-state index < -0.39 is 0 Å². The second-order valence-electron chi connectivity index (χ2n) is 5.41. The summed E-state index contributed by atoms with van der Waals surface area (Å²) in [6.07, 6.45) is 7.20. The third-order valence-corrected chi connectivity index (χ3v) is 4.43. The Kier molecular flexibility index (Phi) is 2.96. The van der Waals surface area contributed by atoms with Gasteiger partial charge in [-0.3, -0.25) is 0 Å². The van der Waals surface area contributed by atoms with Crippen LogP contribution in [0.15, 0.2) is 30.3 Å². The molecule has 16 heavy (non-hydrogen) atoms. The highest BCUT2D eigenvalue weighted by atomic mass is 14.9. The van der Waals surface area contributed by atoms with Gasteiger partial charge in [-0.15, -0.1) is 0 Å². The summed E-state index contributed by atoms with van der Waals surface area (Å²) in [5.74, 6) is 1.95. The van der Waals surface area contributed by atoms with E-state index >= 15 is 0 Å². The van der Waals surface area contributed by atoms with Crippen molar-refractivity contribution in [3.05, 3.63) is 35.9 Å². The highest BCUT2D eigenvalue weighted by Gasteiger charge is 2.32. The molecule has 2 aliphatic rings. The van der Waals surface area contributed by atoms with Crippen molar-refractivity contribution >= 4 is 0 Å². The van der Waals surface area contributed by atoms with Gasteiger partial charge < -0.3 is 5.32 Å². The molecule has 86 valence electrons. The molecule has 2 unspecified atom stereocenters. The lowest BCUT2D eigenvalue weighted by Gasteiger charge is -2.40. The highest BCUT2D eigenvalue weighted by molar-refractivity contribution is 5.19. The van der Waals surface area contributed by atoms with Crippen LogP contribution in [0.5, 0.6) is 0 Å². The molecule has 2 fully saturated rings. The van der Waals surface area contributed by atoms with Gasteiger partial charge in [0.1, 0.15) is 0 Å². The Hall–Kier alpha value is -0.820. The monoisotopic (exact) mass is 215 g/mol. The third kappa shape index (κ3) is 2.01. The molecule has 1 saturated heterocycles. The van der Waals surface area contributed by atoms with Crippen molar-refractivity contribution in [2.45, 2.75) is 38.1 Å². The second kappa shape index (κ2) is 4.58. The maximum atomic E-state index is 3.73. The Bertz CT molecular complexity index is 333. The molecule has 1 saturated carbocycles. The highest BCUT2D eigenvalue weighted by Crippen LogP contribution is 2.39. The van der Waals surface area contributed by atoms with Gasteiger partial charge in [0.2, 0.25) is 0 Å². The molecule has 0 amide bonds. The molecule has 1 heteroatoms. The van der Waals surface area contributed by atoms with Crippen LogP contribution in [0.4, 0.5) is 0 Å². The van der Waals surface area contributed by atoms with Gasteiger partial charge in [0, 0.05) is 6.04 Å².